The normalized spacial score (nSPS) is 48.5. The Morgan fingerprint density at radius 1 is 1.47 bits per heavy atom. The van der Waals surface area contributed by atoms with Gasteiger partial charge in [0.15, 0.2) is 0 Å². The summed E-state index contributed by atoms with van der Waals surface area (Å²) in [5.74, 6) is 0.406. The Hall–Kier alpha value is 0.160. The Labute approximate surface area is 93.3 Å². The molecule has 2 heterocycles. The minimum absolute atomic E-state index is 0.0373. The Balaban J connectivity index is 1.92. The van der Waals surface area contributed by atoms with E-state index < -0.39 is 9.05 Å². The molecule has 3 aliphatic rings. The minimum Gasteiger partial charge on any atom is -0.378 e. The molecule has 3 rings (SSSR count). The summed E-state index contributed by atoms with van der Waals surface area (Å²) in [6, 6.07) is 0. The van der Waals surface area contributed by atoms with Gasteiger partial charge in [-0.15, -0.1) is 0 Å². The molecule has 3 atom stereocenters. The molecule has 2 aliphatic heterocycles. The summed E-state index contributed by atoms with van der Waals surface area (Å²) in [5.41, 5.74) is -0.607. The fraction of sp³-hybridized carbons (Fsp3) is 1.00. The van der Waals surface area contributed by atoms with E-state index in [1.807, 2.05) is 0 Å². The molecule has 6 heteroatoms. The van der Waals surface area contributed by atoms with E-state index in [1.54, 1.807) is 0 Å². The largest absolute Gasteiger partial charge is 0.378 e. The second-order valence-electron chi connectivity index (χ2n) is 4.85. The van der Waals surface area contributed by atoms with E-state index in [4.69, 9.17) is 20.2 Å². The first-order valence-corrected chi connectivity index (χ1v) is 7.59. The van der Waals surface area contributed by atoms with Crippen LogP contribution in [0.25, 0.3) is 0 Å². The second kappa shape index (κ2) is 2.88. The first-order valence-electron chi connectivity index (χ1n) is 5.12. The molecule has 0 bridgehead atoms. The number of ether oxygens (including phenoxy) is 2. The molecule has 0 aromatic rings. The van der Waals surface area contributed by atoms with Crippen LogP contribution in [0, 0.1) is 11.3 Å². The van der Waals surface area contributed by atoms with Gasteiger partial charge in [0, 0.05) is 29.1 Å². The lowest BCUT2D eigenvalue weighted by Crippen LogP contribution is -2.43. The van der Waals surface area contributed by atoms with Crippen molar-refractivity contribution in [2.75, 3.05) is 25.6 Å². The number of fused-ring (bicyclic) bond motifs is 2. The van der Waals surface area contributed by atoms with Crippen LogP contribution in [0.2, 0.25) is 0 Å². The molecule has 4 nitrogen and oxygen atoms in total. The van der Waals surface area contributed by atoms with Crippen LogP contribution in [0.15, 0.2) is 0 Å². The van der Waals surface area contributed by atoms with Crippen LogP contribution in [0.5, 0.6) is 0 Å². The monoisotopic (exact) mass is 252 g/mol. The van der Waals surface area contributed by atoms with Gasteiger partial charge in [0.2, 0.25) is 9.05 Å². The SMILES string of the molecule is O=S(=O)(Cl)CC12CC1COC21CCOC1. The lowest BCUT2D eigenvalue weighted by atomic mass is 9.84. The van der Waals surface area contributed by atoms with Crippen LogP contribution in [-0.4, -0.2) is 39.6 Å². The summed E-state index contributed by atoms with van der Waals surface area (Å²) in [6.07, 6.45) is 1.72. The molecule has 1 aliphatic carbocycles. The van der Waals surface area contributed by atoms with E-state index >= 15 is 0 Å². The lowest BCUT2D eigenvalue weighted by molar-refractivity contribution is -0.0519. The maximum Gasteiger partial charge on any atom is 0.233 e. The lowest BCUT2D eigenvalue weighted by Gasteiger charge is -2.31. The van der Waals surface area contributed by atoms with E-state index in [0.717, 1.165) is 12.8 Å². The molecule has 15 heavy (non-hydrogen) atoms. The Bertz CT molecular complexity index is 381. The second-order valence-corrected chi connectivity index (χ2v) is 7.63. The van der Waals surface area contributed by atoms with Gasteiger partial charge in [-0.1, -0.05) is 0 Å². The van der Waals surface area contributed by atoms with E-state index in [0.29, 0.717) is 25.7 Å². The van der Waals surface area contributed by atoms with Crippen LogP contribution >= 0.6 is 10.7 Å². The van der Waals surface area contributed by atoms with Gasteiger partial charge < -0.3 is 9.47 Å². The highest BCUT2D eigenvalue weighted by Gasteiger charge is 2.73. The summed E-state index contributed by atoms with van der Waals surface area (Å²) in [6.45, 7) is 1.85. The quantitative estimate of drug-likeness (QED) is 0.681. The minimum atomic E-state index is -3.45. The molecule has 3 fully saturated rings. The van der Waals surface area contributed by atoms with Crippen molar-refractivity contribution in [1.82, 2.24) is 0 Å². The maximum atomic E-state index is 11.2. The molecule has 0 amide bonds. The topological polar surface area (TPSA) is 52.6 Å². The number of hydrogen-bond acceptors (Lipinski definition) is 4. The van der Waals surface area contributed by atoms with Crippen molar-refractivity contribution < 1.29 is 17.9 Å². The van der Waals surface area contributed by atoms with E-state index in [9.17, 15) is 8.42 Å². The predicted octanol–water partition coefficient (Wildman–Crippen LogP) is 0.751. The Kier molecular flexibility index (Phi) is 1.98. The van der Waals surface area contributed by atoms with Crippen molar-refractivity contribution in [2.45, 2.75) is 18.4 Å². The fourth-order valence-electron chi connectivity index (χ4n) is 3.23. The van der Waals surface area contributed by atoms with Gasteiger partial charge in [-0.3, -0.25) is 0 Å². The van der Waals surface area contributed by atoms with Gasteiger partial charge in [0.05, 0.1) is 19.0 Å². The predicted molar refractivity (Wildman–Crippen MR) is 54.3 cm³/mol. The molecule has 0 radical (unpaired) electrons. The first-order chi connectivity index (χ1) is 6.98. The van der Waals surface area contributed by atoms with Gasteiger partial charge >= 0.3 is 0 Å². The smallest absolute Gasteiger partial charge is 0.233 e. The summed E-state index contributed by atoms with van der Waals surface area (Å²) < 4.78 is 33.6. The van der Waals surface area contributed by atoms with Crippen molar-refractivity contribution in [3.05, 3.63) is 0 Å². The maximum absolute atomic E-state index is 11.2. The van der Waals surface area contributed by atoms with Crippen molar-refractivity contribution >= 4 is 19.7 Å². The molecule has 1 spiro atoms. The molecular formula is C9H13ClO4S. The number of halogens is 1. The highest BCUT2D eigenvalue weighted by molar-refractivity contribution is 8.13. The molecule has 2 saturated heterocycles. The zero-order chi connectivity index (χ0) is 10.7. The average Bonchev–Trinajstić information content (AvgIpc) is 2.56. The van der Waals surface area contributed by atoms with Crippen LogP contribution in [0.3, 0.4) is 0 Å². The zero-order valence-electron chi connectivity index (χ0n) is 8.24. The van der Waals surface area contributed by atoms with Crippen molar-refractivity contribution in [3.8, 4) is 0 Å². The molecule has 0 aromatic heterocycles. The summed E-state index contributed by atoms with van der Waals surface area (Å²) >= 11 is 0. The molecular weight excluding hydrogens is 240 g/mol. The van der Waals surface area contributed by atoms with E-state index in [-0.39, 0.29) is 16.8 Å². The summed E-state index contributed by atoms with van der Waals surface area (Å²) in [4.78, 5) is 0. The number of hydrogen-bond donors (Lipinski definition) is 0. The zero-order valence-corrected chi connectivity index (χ0v) is 9.81. The summed E-state index contributed by atoms with van der Waals surface area (Å²) in [7, 11) is 1.92. The van der Waals surface area contributed by atoms with Gasteiger partial charge in [0.1, 0.15) is 5.60 Å². The molecule has 86 valence electrons. The van der Waals surface area contributed by atoms with E-state index in [2.05, 4.69) is 0 Å². The molecule has 3 unspecified atom stereocenters. The third-order valence-electron chi connectivity index (χ3n) is 4.12. The molecule has 0 aromatic carbocycles. The van der Waals surface area contributed by atoms with Crippen molar-refractivity contribution in [3.63, 3.8) is 0 Å². The van der Waals surface area contributed by atoms with Crippen LogP contribution in [0.1, 0.15) is 12.8 Å². The van der Waals surface area contributed by atoms with Gasteiger partial charge in [-0.2, -0.15) is 0 Å². The van der Waals surface area contributed by atoms with Gasteiger partial charge in [-0.05, 0) is 12.3 Å². The average molecular weight is 253 g/mol. The summed E-state index contributed by atoms with van der Waals surface area (Å²) in [5, 5.41) is 0. The Morgan fingerprint density at radius 3 is 2.80 bits per heavy atom. The van der Waals surface area contributed by atoms with Gasteiger partial charge in [0.25, 0.3) is 0 Å². The Morgan fingerprint density at radius 2 is 2.27 bits per heavy atom. The van der Waals surface area contributed by atoms with Crippen molar-refractivity contribution in [2.24, 2.45) is 11.3 Å². The van der Waals surface area contributed by atoms with E-state index in [1.165, 1.54) is 0 Å². The van der Waals surface area contributed by atoms with Crippen LogP contribution in [-0.2, 0) is 18.5 Å². The first kappa shape index (κ1) is 10.3. The van der Waals surface area contributed by atoms with Crippen LogP contribution < -0.4 is 0 Å². The third kappa shape index (κ3) is 1.37. The number of rotatable bonds is 2. The van der Waals surface area contributed by atoms with Crippen molar-refractivity contribution in [1.29, 1.82) is 0 Å². The fourth-order valence-corrected chi connectivity index (χ4v) is 5.05. The highest BCUT2D eigenvalue weighted by atomic mass is 35.7. The van der Waals surface area contributed by atoms with Gasteiger partial charge in [-0.25, -0.2) is 8.42 Å². The van der Waals surface area contributed by atoms with Crippen LogP contribution in [0.4, 0.5) is 0 Å². The highest BCUT2D eigenvalue weighted by Crippen LogP contribution is 2.68. The molecule has 0 N–H and O–H groups in total. The molecule has 1 saturated carbocycles. The standard InChI is InChI=1S/C9H13ClO4S/c10-15(11,12)6-8-3-7(8)4-14-9(8)1-2-13-5-9/h7H,1-6H2. The third-order valence-corrected chi connectivity index (χ3v) is 5.30.